The Labute approximate surface area is 84.5 Å². The molecule has 1 aromatic carbocycles. The summed E-state index contributed by atoms with van der Waals surface area (Å²) in [6.45, 7) is 4.67. The summed E-state index contributed by atoms with van der Waals surface area (Å²) in [6.07, 6.45) is 1.08. The zero-order valence-electron chi connectivity index (χ0n) is 8.66. The zero-order valence-corrected chi connectivity index (χ0v) is 8.66. The third-order valence-corrected chi connectivity index (χ3v) is 2.73. The number of nitrogens with zero attached hydrogens (tertiary/aromatic N) is 1. The summed E-state index contributed by atoms with van der Waals surface area (Å²) >= 11 is 0. The third kappa shape index (κ3) is 1.52. The Morgan fingerprint density at radius 1 is 1.43 bits per heavy atom. The van der Waals surface area contributed by atoms with Gasteiger partial charge in [0.2, 0.25) is 5.91 Å². The number of para-hydroxylation sites is 1. The van der Waals surface area contributed by atoms with Crippen molar-refractivity contribution < 1.29 is 4.79 Å². The molecule has 14 heavy (non-hydrogen) atoms. The minimum Gasteiger partial charge on any atom is -0.312 e. The van der Waals surface area contributed by atoms with Crippen molar-refractivity contribution in [1.29, 1.82) is 0 Å². The Hall–Kier alpha value is -1.31. The lowest BCUT2D eigenvalue weighted by molar-refractivity contribution is -0.116. The first-order valence-corrected chi connectivity index (χ1v) is 5.04. The highest BCUT2D eigenvalue weighted by molar-refractivity contribution is 5.92. The van der Waals surface area contributed by atoms with Gasteiger partial charge in [0.05, 0.1) is 0 Å². The first-order chi connectivity index (χ1) is 6.68. The van der Waals surface area contributed by atoms with Crippen molar-refractivity contribution in [3.63, 3.8) is 0 Å². The van der Waals surface area contributed by atoms with Crippen LogP contribution in [0.25, 0.3) is 0 Å². The van der Waals surface area contributed by atoms with E-state index in [0.29, 0.717) is 5.92 Å². The van der Waals surface area contributed by atoms with Crippen LogP contribution in [-0.4, -0.2) is 12.5 Å². The largest absolute Gasteiger partial charge is 0.312 e. The van der Waals surface area contributed by atoms with E-state index in [1.807, 2.05) is 23.1 Å². The number of hydrogen-bond donors (Lipinski definition) is 0. The number of carbonyl (C=O) groups excluding carboxylic acids is 1. The third-order valence-electron chi connectivity index (χ3n) is 2.73. The molecule has 74 valence electrons. The second kappa shape index (κ2) is 3.45. The molecule has 0 fully saturated rings. The smallest absolute Gasteiger partial charge is 0.223 e. The summed E-state index contributed by atoms with van der Waals surface area (Å²) in [5.41, 5.74) is 2.39. The topological polar surface area (TPSA) is 20.3 Å². The van der Waals surface area contributed by atoms with Crippen molar-refractivity contribution in [2.75, 3.05) is 11.4 Å². The molecule has 2 heteroatoms. The van der Waals surface area contributed by atoms with E-state index in [0.717, 1.165) is 18.7 Å². The highest BCUT2D eigenvalue weighted by Crippen LogP contribution is 2.29. The molecular weight excluding hydrogens is 174 g/mol. The molecule has 1 unspecified atom stereocenters. The van der Waals surface area contributed by atoms with Crippen LogP contribution in [0.2, 0.25) is 0 Å². The van der Waals surface area contributed by atoms with Crippen LogP contribution in [0.1, 0.15) is 19.4 Å². The van der Waals surface area contributed by atoms with Crippen LogP contribution in [0, 0.1) is 5.92 Å². The molecule has 0 spiro atoms. The number of hydrogen-bond acceptors (Lipinski definition) is 1. The van der Waals surface area contributed by atoms with Crippen LogP contribution in [-0.2, 0) is 11.2 Å². The SMILES string of the molecule is CC(=O)N1CC(C)Cc2ccccc21. The van der Waals surface area contributed by atoms with Gasteiger partial charge in [0.15, 0.2) is 0 Å². The fourth-order valence-corrected chi connectivity index (χ4v) is 2.09. The standard InChI is InChI=1S/C12H15NO/c1-9-7-11-5-3-4-6-12(11)13(8-9)10(2)14/h3-6,9H,7-8H2,1-2H3. The Morgan fingerprint density at radius 2 is 2.14 bits per heavy atom. The predicted molar refractivity (Wildman–Crippen MR) is 57.3 cm³/mol. The lowest BCUT2D eigenvalue weighted by Crippen LogP contribution is -2.37. The average Bonchev–Trinajstić information content (AvgIpc) is 2.16. The van der Waals surface area contributed by atoms with Gasteiger partial charge in [-0.3, -0.25) is 4.79 Å². The normalized spacial score (nSPS) is 20.4. The molecule has 0 aromatic heterocycles. The Balaban J connectivity index is 2.43. The van der Waals surface area contributed by atoms with Crippen molar-refractivity contribution in [1.82, 2.24) is 0 Å². The Kier molecular flexibility index (Phi) is 2.28. The van der Waals surface area contributed by atoms with Gasteiger partial charge in [0, 0.05) is 19.2 Å². The molecule has 0 bridgehead atoms. The van der Waals surface area contributed by atoms with E-state index in [4.69, 9.17) is 0 Å². The summed E-state index contributed by atoms with van der Waals surface area (Å²) in [5, 5.41) is 0. The number of benzene rings is 1. The maximum Gasteiger partial charge on any atom is 0.223 e. The number of anilines is 1. The molecule has 1 aliphatic rings. The van der Waals surface area contributed by atoms with E-state index in [1.165, 1.54) is 5.56 Å². The number of carbonyl (C=O) groups is 1. The van der Waals surface area contributed by atoms with Crippen molar-refractivity contribution in [2.45, 2.75) is 20.3 Å². The fourth-order valence-electron chi connectivity index (χ4n) is 2.09. The molecule has 2 rings (SSSR count). The zero-order chi connectivity index (χ0) is 10.1. The first kappa shape index (κ1) is 9.25. The molecule has 0 radical (unpaired) electrons. The van der Waals surface area contributed by atoms with Crippen molar-refractivity contribution in [2.24, 2.45) is 5.92 Å². The van der Waals surface area contributed by atoms with E-state index in [-0.39, 0.29) is 5.91 Å². The van der Waals surface area contributed by atoms with Crippen LogP contribution < -0.4 is 4.90 Å². The van der Waals surface area contributed by atoms with E-state index in [9.17, 15) is 4.79 Å². The van der Waals surface area contributed by atoms with Crippen molar-refractivity contribution in [3.05, 3.63) is 29.8 Å². The van der Waals surface area contributed by atoms with Crippen LogP contribution in [0.4, 0.5) is 5.69 Å². The van der Waals surface area contributed by atoms with Gasteiger partial charge < -0.3 is 4.90 Å². The summed E-state index contributed by atoms with van der Waals surface area (Å²) in [4.78, 5) is 13.3. The van der Waals surface area contributed by atoms with E-state index in [2.05, 4.69) is 13.0 Å². The summed E-state index contributed by atoms with van der Waals surface area (Å²) in [7, 11) is 0. The minimum atomic E-state index is 0.143. The summed E-state index contributed by atoms with van der Waals surface area (Å²) in [6, 6.07) is 8.17. The highest BCUT2D eigenvalue weighted by atomic mass is 16.2. The summed E-state index contributed by atoms with van der Waals surface area (Å²) in [5.74, 6) is 0.706. The quantitative estimate of drug-likeness (QED) is 0.613. The molecule has 1 aliphatic heterocycles. The number of amides is 1. The molecule has 0 N–H and O–H groups in total. The van der Waals surface area contributed by atoms with Gasteiger partial charge >= 0.3 is 0 Å². The van der Waals surface area contributed by atoms with Gasteiger partial charge in [-0.25, -0.2) is 0 Å². The Morgan fingerprint density at radius 3 is 2.86 bits per heavy atom. The van der Waals surface area contributed by atoms with Crippen LogP contribution in [0.3, 0.4) is 0 Å². The summed E-state index contributed by atoms with van der Waals surface area (Å²) < 4.78 is 0. The highest BCUT2D eigenvalue weighted by Gasteiger charge is 2.23. The van der Waals surface area contributed by atoms with Crippen LogP contribution in [0.15, 0.2) is 24.3 Å². The molecule has 1 aromatic rings. The second-order valence-electron chi connectivity index (χ2n) is 4.07. The average molecular weight is 189 g/mol. The van der Waals surface area contributed by atoms with Crippen LogP contribution in [0.5, 0.6) is 0 Å². The van der Waals surface area contributed by atoms with Gasteiger partial charge in [-0.05, 0) is 24.0 Å². The molecular formula is C12H15NO. The molecule has 0 saturated carbocycles. The maximum atomic E-state index is 11.4. The lowest BCUT2D eigenvalue weighted by atomic mass is 9.94. The molecule has 0 saturated heterocycles. The molecule has 1 amide bonds. The van der Waals surface area contributed by atoms with Crippen molar-refractivity contribution in [3.8, 4) is 0 Å². The monoisotopic (exact) mass is 189 g/mol. The fraction of sp³-hybridized carbons (Fsp3) is 0.417. The second-order valence-corrected chi connectivity index (χ2v) is 4.07. The van der Waals surface area contributed by atoms with E-state index in [1.54, 1.807) is 6.92 Å². The van der Waals surface area contributed by atoms with Gasteiger partial charge in [0.1, 0.15) is 0 Å². The van der Waals surface area contributed by atoms with Crippen LogP contribution >= 0.6 is 0 Å². The molecule has 1 atom stereocenters. The van der Waals surface area contributed by atoms with E-state index >= 15 is 0 Å². The van der Waals surface area contributed by atoms with Crippen molar-refractivity contribution >= 4 is 11.6 Å². The number of fused-ring (bicyclic) bond motifs is 1. The van der Waals surface area contributed by atoms with E-state index < -0.39 is 0 Å². The van der Waals surface area contributed by atoms with Gasteiger partial charge in [-0.2, -0.15) is 0 Å². The van der Waals surface area contributed by atoms with Gasteiger partial charge in [-0.1, -0.05) is 25.1 Å². The molecule has 1 heterocycles. The van der Waals surface area contributed by atoms with Gasteiger partial charge in [-0.15, -0.1) is 0 Å². The molecule has 2 nitrogen and oxygen atoms in total. The van der Waals surface area contributed by atoms with Gasteiger partial charge in [0.25, 0.3) is 0 Å². The Bertz CT molecular complexity index is 359. The first-order valence-electron chi connectivity index (χ1n) is 5.04. The minimum absolute atomic E-state index is 0.143. The predicted octanol–water partition coefficient (Wildman–Crippen LogP) is 2.23. The molecule has 0 aliphatic carbocycles. The lowest BCUT2D eigenvalue weighted by Gasteiger charge is -2.32. The maximum absolute atomic E-state index is 11.4. The number of rotatable bonds is 0.